The van der Waals surface area contributed by atoms with Gasteiger partial charge in [-0.05, 0) is 18.1 Å². The largest absolute Gasteiger partial charge is 0.389 e. The van der Waals surface area contributed by atoms with Gasteiger partial charge in [0.15, 0.2) is 10.7 Å². The molecule has 15 heavy (non-hydrogen) atoms. The summed E-state index contributed by atoms with van der Waals surface area (Å²) in [5, 5.41) is 0. The van der Waals surface area contributed by atoms with Gasteiger partial charge in [0.25, 0.3) is 0 Å². The predicted octanol–water partition coefficient (Wildman–Crippen LogP) is 2.15. The van der Waals surface area contributed by atoms with E-state index in [0.29, 0.717) is 0 Å². The zero-order chi connectivity index (χ0) is 11.5. The number of hydrogen-bond donors (Lipinski definition) is 1. The summed E-state index contributed by atoms with van der Waals surface area (Å²) in [6.07, 6.45) is -5.57. The molecule has 0 aliphatic carbocycles. The number of halogens is 3. The molecule has 0 aromatic heterocycles. The summed E-state index contributed by atoms with van der Waals surface area (Å²) in [5.74, 6) is 0. The molecule has 0 spiro atoms. The topological polar surface area (TPSA) is 34.1 Å². The third-order valence-electron chi connectivity index (χ3n) is 1.87. The normalized spacial score (nSPS) is 12.0. The molecule has 0 unspecified atom stereocenters. The minimum absolute atomic E-state index is 0.0308. The van der Waals surface area contributed by atoms with Crippen LogP contribution in [0.2, 0.25) is 0 Å². The monoisotopic (exact) mass is 238 g/mol. The van der Waals surface area contributed by atoms with Gasteiger partial charge in [0.2, 0.25) is 0 Å². The van der Waals surface area contributed by atoms with Crippen LogP contribution in [-0.4, -0.2) is 14.6 Å². The fraction of sp³-hybridized carbons (Fsp3) is 0.333. The second-order valence-corrected chi connectivity index (χ2v) is 4.00. The van der Waals surface area contributed by atoms with E-state index in [4.69, 9.17) is 0 Å². The van der Waals surface area contributed by atoms with Crippen LogP contribution < -0.4 is 0 Å². The van der Waals surface area contributed by atoms with Crippen molar-refractivity contribution in [3.63, 3.8) is 0 Å². The van der Waals surface area contributed by atoms with Crippen LogP contribution in [0.5, 0.6) is 0 Å². The van der Waals surface area contributed by atoms with Crippen molar-refractivity contribution in [1.82, 2.24) is 0 Å². The summed E-state index contributed by atoms with van der Waals surface area (Å²) in [5.41, 5.74) is 0.214. The quantitative estimate of drug-likeness (QED) is 0.819. The Balaban J connectivity index is 2.86. The Bertz CT molecular complexity index is 402. The van der Waals surface area contributed by atoms with Crippen LogP contribution in [-0.2, 0) is 17.1 Å². The molecule has 0 fully saturated rings. The second-order valence-electron chi connectivity index (χ2n) is 3.00. The van der Waals surface area contributed by atoms with Gasteiger partial charge < -0.3 is 0 Å². The van der Waals surface area contributed by atoms with E-state index in [1.807, 2.05) is 0 Å². The highest BCUT2D eigenvalue weighted by Gasteiger charge is 2.26. The molecule has 1 rings (SSSR count). The molecule has 0 aliphatic rings. The molecule has 84 valence electrons. The lowest BCUT2D eigenvalue weighted by Gasteiger charge is -2.07. The van der Waals surface area contributed by atoms with Crippen molar-refractivity contribution >= 4 is 10.7 Å². The van der Waals surface area contributed by atoms with Gasteiger partial charge in [-0.1, -0.05) is 18.2 Å². The molecule has 1 aromatic carbocycles. The van der Waals surface area contributed by atoms with Gasteiger partial charge in [-0.25, -0.2) is 8.42 Å². The molecule has 0 saturated heterocycles. The Morgan fingerprint density at radius 3 is 2.27 bits per heavy atom. The number of benzene rings is 1. The summed E-state index contributed by atoms with van der Waals surface area (Å²) in [6.45, 7) is 0. The fourth-order valence-corrected chi connectivity index (χ4v) is 1.81. The van der Waals surface area contributed by atoms with Crippen molar-refractivity contribution in [3.05, 3.63) is 29.8 Å². The first kappa shape index (κ1) is 12.0. The van der Waals surface area contributed by atoms with Gasteiger partial charge in [0.05, 0.1) is 4.90 Å². The molecule has 0 saturated carbocycles. The maximum atomic E-state index is 11.9. The van der Waals surface area contributed by atoms with Crippen molar-refractivity contribution in [2.24, 2.45) is 0 Å². The zero-order valence-corrected chi connectivity index (χ0v) is 8.52. The average molecular weight is 238 g/mol. The lowest BCUT2D eigenvalue weighted by Crippen LogP contribution is -2.09. The van der Waals surface area contributed by atoms with Crippen molar-refractivity contribution in [3.8, 4) is 0 Å². The molecule has 0 heterocycles. The second kappa shape index (κ2) is 4.65. The lowest BCUT2D eigenvalue weighted by molar-refractivity contribution is -0.134. The first-order chi connectivity index (χ1) is 6.90. The smallest absolute Gasteiger partial charge is 0.227 e. The van der Waals surface area contributed by atoms with Gasteiger partial charge in [0.1, 0.15) is 0 Å². The van der Waals surface area contributed by atoms with E-state index in [2.05, 4.69) is 0 Å². The van der Waals surface area contributed by atoms with E-state index in [1.54, 1.807) is 0 Å². The first-order valence-electron chi connectivity index (χ1n) is 4.19. The fourth-order valence-electron chi connectivity index (χ4n) is 1.18. The van der Waals surface area contributed by atoms with E-state index < -0.39 is 23.3 Å². The zero-order valence-electron chi connectivity index (χ0n) is 7.62. The molecular formula is C9H9F3O2S. The van der Waals surface area contributed by atoms with E-state index in [0.717, 1.165) is 0 Å². The van der Waals surface area contributed by atoms with E-state index in [-0.39, 0.29) is 16.9 Å². The molecule has 6 heteroatoms. The van der Waals surface area contributed by atoms with Gasteiger partial charge in [-0.15, -0.1) is 0 Å². The predicted molar refractivity (Wildman–Crippen MR) is 49.4 cm³/mol. The Morgan fingerprint density at radius 2 is 1.73 bits per heavy atom. The summed E-state index contributed by atoms with van der Waals surface area (Å²) in [4.78, 5) is -0.0308. The van der Waals surface area contributed by atoms with Gasteiger partial charge in [0, 0.05) is 6.42 Å². The van der Waals surface area contributed by atoms with Crippen molar-refractivity contribution < 1.29 is 21.6 Å². The SMILES string of the molecule is O=[SH](=O)c1ccccc1CCC(F)(F)F. The van der Waals surface area contributed by atoms with Crippen molar-refractivity contribution in [1.29, 1.82) is 0 Å². The van der Waals surface area contributed by atoms with Crippen LogP contribution in [0.15, 0.2) is 29.2 Å². The maximum absolute atomic E-state index is 11.9. The molecule has 0 amide bonds. The molecule has 1 aromatic rings. The van der Waals surface area contributed by atoms with Crippen LogP contribution in [0.1, 0.15) is 12.0 Å². The molecule has 0 aliphatic heterocycles. The van der Waals surface area contributed by atoms with Gasteiger partial charge in [-0.2, -0.15) is 13.2 Å². The number of alkyl halides is 3. The van der Waals surface area contributed by atoms with Crippen LogP contribution in [0.4, 0.5) is 13.2 Å². The Hall–Kier alpha value is -1.04. The molecular weight excluding hydrogens is 229 g/mol. The first-order valence-corrected chi connectivity index (χ1v) is 5.37. The summed E-state index contributed by atoms with van der Waals surface area (Å²) >= 11 is 0. The Kier molecular flexibility index (Phi) is 3.73. The number of thiol groups is 1. The van der Waals surface area contributed by atoms with Gasteiger partial charge >= 0.3 is 6.18 Å². The highest BCUT2D eigenvalue weighted by molar-refractivity contribution is 7.72. The van der Waals surface area contributed by atoms with Crippen molar-refractivity contribution in [2.75, 3.05) is 0 Å². The maximum Gasteiger partial charge on any atom is 0.389 e. The molecule has 0 atom stereocenters. The number of aryl methyl sites for hydroxylation is 1. The highest BCUT2D eigenvalue weighted by atomic mass is 32.2. The summed E-state index contributed by atoms with van der Waals surface area (Å²) in [6, 6.07) is 5.70. The van der Waals surface area contributed by atoms with E-state index >= 15 is 0 Å². The third kappa shape index (κ3) is 3.91. The molecule has 0 N–H and O–H groups in total. The van der Waals surface area contributed by atoms with Crippen LogP contribution in [0.25, 0.3) is 0 Å². The van der Waals surface area contributed by atoms with Crippen LogP contribution in [0.3, 0.4) is 0 Å². The molecule has 0 bridgehead atoms. The van der Waals surface area contributed by atoms with Crippen LogP contribution in [0, 0.1) is 0 Å². The lowest BCUT2D eigenvalue weighted by atomic mass is 10.1. The van der Waals surface area contributed by atoms with Gasteiger partial charge in [-0.3, -0.25) is 0 Å². The minimum atomic E-state index is -4.26. The standard InChI is InChI=1S/C9H9F3O2S/c10-9(11,12)6-5-7-3-1-2-4-8(7)15(13)14/h1-4,15H,5-6H2. The molecule has 2 nitrogen and oxygen atoms in total. The summed E-state index contributed by atoms with van der Waals surface area (Å²) < 4.78 is 57.2. The molecule has 0 radical (unpaired) electrons. The Labute approximate surface area is 86.7 Å². The number of hydrogen-bond acceptors (Lipinski definition) is 2. The summed E-state index contributed by atoms with van der Waals surface area (Å²) in [7, 11) is -2.83. The number of rotatable bonds is 3. The van der Waals surface area contributed by atoms with E-state index in [1.165, 1.54) is 24.3 Å². The highest BCUT2D eigenvalue weighted by Crippen LogP contribution is 2.23. The minimum Gasteiger partial charge on any atom is -0.227 e. The average Bonchev–Trinajstić information content (AvgIpc) is 2.14. The third-order valence-corrected chi connectivity index (χ3v) is 2.70. The van der Waals surface area contributed by atoms with Crippen LogP contribution >= 0.6 is 0 Å². The van der Waals surface area contributed by atoms with Crippen molar-refractivity contribution in [2.45, 2.75) is 23.9 Å². The van der Waals surface area contributed by atoms with E-state index in [9.17, 15) is 21.6 Å². The Morgan fingerprint density at radius 1 is 1.13 bits per heavy atom.